The van der Waals surface area contributed by atoms with E-state index < -0.39 is 11.7 Å². The van der Waals surface area contributed by atoms with Crippen LogP contribution in [0.25, 0.3) is 0 Å². The quantitative estimate of drug-likeness (QED) is 0.610. The van der Waals surface area contributed by atoms with Crippen LogP contribution in [0.4, 0.5) is 4.39 Å². The van der Waals surface area contributed by atoms with E-state index in [4.69, 9.17) is 16.3 Å². The van der Waals surface area contributed by atoms with Crippen molar-refractivity contribution in [2.45, 2.75) is 26.7 Å². The summed E-state index contributed by atoms with van der Waals surface area (Å²) < 4.78 is 19.2. The Hall–Kier alpha value is -2.40. The fourth-order valence-corrected chi connectivity index (χ4v) is 2.43. The number of hydrogen-bond acceptors (Lipinski definition) is 3. The number of hydrazone groups is 1. The Bertz CT molecular complexity index is 771. The molecule has 0 unspecified atom stereocenters. The summed E-state index contributed by atoms with van der Waals surface area (Å²) in [5.74, 6) is -0.00540. The van der Waals surface area contributed by atoms with E-state index in [1.165, 1.54) is 18.3 Å². The highest BCUT2D eigenvalue weighted by Gasteiger charge is 2.10. The molecule has 0 spiro atoms. The van der Waals surface area contributed by atoms with E-state index >= 15 is 0 Å². The first-order valence-corrected chi connectivity index (χ1v) is 8.25. The van der Waals surface area contributed by atoms with Gasteiger partial charge in [0.1, 0.15) is 11.6 Å². The number of nitrogens with zero attached hydrogens (tertiary/aromatic N) is 1. The Labute approximate surface area is 151 Å². The van der Waals surface area contributed by atoms with Gasteiger partial charge in [0.15, 0.2) is 6.61 Å². The maximum atomic E-state index is 13.6. The van der Waals surface area contributed by atoms with Crippen molar-refractivity contribution in [3.05, 3.63) is 63.9 Å². The summed E-state index contributed by atoms with van der Waals surface area (Å²) in [5.41, 5.74) is 4.49. The molecule has 0 bridgehead atoms. The van der Waals surface area contributed by atoms with Crippen LogP contribution < -0.4 is 10.2 Å². The number of rotatable bonds is 6. The first-order valence-electron chi connectivity index (χ1n) is 7.87. The zero-order valence-corrected chi connectivity index (χ0v) is 15.1. The van der Waals surface area contributed by atoms with Crippen molar-refractivity contribution < 1.29 is 13.9 Å². The lowest BCUT2D eigenvalue weighted by atomic mass is 10.0. The number of amides is 1. The molecule has 0 saturated carbocycles. The van der Waals surface area contributed by atoms with Crippen LogP contribution in [0, 0.1) is 12.7 Å². The third kappa shape index (κ3) is 5.29. The van der Waals surface area contributed by atoms with Crippen LogP contribution in [-0.2, 0) is 4.79 Å². The number of hydrogen-bond donors (Lipinski definition) is 1. The summed E-state index contributed by atoms with van der Waals surface area (Å²) >= 11 is 5.88. The van der Waals surface area contributed by atoms with Gasteiger partial charge in [-0.25, -0.2) is 9.82 Å². The van der Waals surface area contributed by atoms with Gasteiger partial charge in [-0.2, -0.15) is 5.10 Å². The van der Waals surface area contributed by atoms with Crippen molar-refractivity contribution >= 4 is 23.7 Å². The molecule has 25 heavy (non-hydrogen) atoms. The van der Waals surface area contributed by atoms with Crippen molar-refractivity contribution in [1.29, 1.82) is 0 Å². The SMILES string of the molecule is Cc1ccc(C(C)C)c(OCC(=O)N/N=C/c2c(F)cccc2Cl)c1. The van der Waals surface area contributed by atoms with Gasteiger partial charge >= 0.3 is 0 Å². The normalized spacial score (nSPS) is 11.1. The molecule has 0 aliphatic rings. The lowest BCUT2D eigenvalue weighted by Crippen LogP contribution is -2.25. The maximum absolute atomic E-state index is 13.6. The first-order chi connectivity index (χ1) is 11.9. The van der Waals surface area contributed by atoms with Crippen LogP contribution in [0.5, 0.6) is 5.75 Å². The van der Waals surface area contributed by atoms with Crippen LogP contribution in [0.15, 0.2) is 41.5 Å². The van der Waals surface area contributed by atoms with Gasteiger partial charge in [0.25, 0.3) is 5.91 Å². The summed E-state index contributed by atoms with van der Waals surface area (Å²) in [6.07, 6.45) is 1.17. The zero-order chi connectivity index (χ0) is 18.4. The van der Waals surface area contributed by atoms with E-state index in [-0.39, 0.29) is 23.1 Å². The van der Waals surface area contributed by atoms with E-state index in [0.717, 1.165) is 11.1 Å². The van der Waals surface area contributed by atoms with Gasteiger partial charge in [-0.05, 0) is 42.2 Å². The van der Waals surface area contributed by atoms with Gasteiger partial charge in [-0.15, -0.1) is 0 Å². The van der Waals surface area contributed by atoms with E-state index in [0.29, 0.717) is 5.75 Å². The fraction of sp³-hybridized carbons (Fsp3) is 0.263. The summed E-state index contributed by atoms with van der Waals surface area (Å²) in [4.78, 5) is 11.9. The molecule has 0 saturated heterocycles. The van der Waals surface area contributed by atoms with Crippen molar-refractivity contribution in [2.24, 2.45) is 5.10 Å². The molecular weight excluding hydrogens is 343 g/mol. The number of halogens is 2. The van der Waals surface area contributed by atoms with Crippen LogP contribution in [0.1, 0.15) is 36.5 Å². The van der Waals surface area contributed by atoms with Gasteiger partial charge in [0, 0.05) is 5.56 Å². The van der Waals surface area contributed by atoms with Crippen LogP contribution in [-0.4, -0.2) is 18.7 Å². The smallest absolute Gasteiger partial charge is 0.277 e. The molecule has 0 aromatic heterocycles. The summed E-state index contributed by atoms with van der Waals surface area (Å²) in [7, 11) is 0. The van der Waals surface area contributed by atoms with Gasteiger partial charge in [-0.1, -0.05) is 43.6 Å². The van der Waals surface area contributed by atoms with Gasteiger partial charge in [0.2, 0.25) is 0 Å². The average Bonchev–Trinajstić information content (AvgIpc) is 2.55. The molecule has 132 valence electrons. The third-order valence-electron chi connectivity index (χ3n) is 3.53. The number of carbonyl (C=O) groups is 1. The van der Waals surface area contributed by atoms with E-state index in [2.05, 4.69) is 24.4 Å². The summed E-state index contributed by atoms with van der Waals surface area (Å²) in [6.45, 7) is 5.88. The van der Waals surface area contributed by atoms with Crippen molar-refractivity contribution in [3.63, 3.8) is 0 Å². The summed E-state index contributed by atoms with van der Waals surface area (Å²) in [5, 5.41) is 3.94. The number of aryl methyl sites for hydroxylation is 1. The van der Waals surface area contributed by atoms with Crippen LogP contribution >= 0.6 is 11.6 Å². The fourth-order valence-electron chi connectivity index (χ4n) is 2.22. The second kappa shape index (κ2) is 8.62. The average molecular weight is 363 g/mol. The molecular formula is C19H20ClFN2O2. The molecule has 2 aromatic rings. The Morgan fingerprint density at radius 3 is 2.80 bits per heavy atom. The number of benzene rings is 2. The third-order valence-corrected chi connectivity index (χ3v) is 3.86. The van der Waals surface area contributed by atoms with Gasteiger partial charge < -0.3 is 4.74 Å². The molecule has 0 aliphatic carbocycles. The van der Waals surface area contributed by atoms with Gasteiger partial charge in [-0.3, -0.25) is 4.79 Å². The minimum absolute atomic E-state index is 0.117. The maximum Gasteiger partial charge on any atom is 0.277 e. The zero-order valence-electron chi connectivity index (χ0n) is 14.3. The number of carbonyl (C=O) groups excluding carboxylic acids is 1. The lowest BCUT2D eigenvalue weighted by Gasteiger charge is -2.14. The van der Waals surface area contributed by atoms with Crippen molar-refractivity contribution in [2.75, 3.05) is 6.61 Å². The predicted octanol–water partition coefficient (Wildman–Crippen LogP) is 4.44. The molecule has 0 radical (unpaired) electrons. The molecule has 0 fully saturated rings. The molecule has 2 aromatic carbocycles. The van der Waals surface area contributed by atoms with Crippen LogP contribution in [0.2, 0.25) is 5.02 Å². The van der Waals surface area contributed by atoms with E-state index in [1.807, 2.05) is 25.1 Å². The number of ether oxygens (including phenoxy) is 1. The Balaban J connectivity index is 1.96. The Morgan fingerprint density at radius 1 is 1.36 bits per heavy atom. The lowest BCUT2D eigenvalue weighted by molar-refractivity contribution is -0.123. The monoisotopic (exact) mass is 362 g/mol. The molecule has 1 N–H and O–H groups in total. The second-order valence-electron chi connectivity index (χ2n) is 5.91. The highest BCUT2D eigenvalue weighted by Crippen LogP contribution is 2.27. The Kier molecular flexibility index (Phi) is 6.53. The van der Waals surface area contributed by atoms with E-state index in [9.17, 15) is 9.18 Å². The minimum atomic E-state index is -0.511. The highest BCUT2D eigenvalue weighted by atomic mass is 35.5. The first kappa shape index (κ1) is 18.9. The minimum Gasteiger partial charge on any atom is -0.483 e. The second-order valence-corrected chi connectivity index (χ2v) is 6.32. The molecule has 0 aliphatic heterocycles. The standard InChI is InChI=1S/C19H20ClFN2O2/c1-12(2)14-8-7-13(3)9-18(14)25-11-19(24)23-22-10-15-16(20)5-4-6-17(15)21/h4-10,12H,11H2,1-3H3,(H,23,24)/b22-10+. The molecule has 6 heteroatoms. The van der Waals surface area contributed by atoms with Crippen LogP contribution in [0.3, 0.4) is 0 Å². The Morgan fingerprint density at radius 2 is 2.12 bits per heavy atom. The van der Waals surface area contributed by atoms with Gasteiger partial charge in [0.05, 0.1) is 11.2 Å². The topological polar surface area (TPSA) is 50.7 Å². The largest absolute Gasteiger partial charge is 0.483 e. The molecule has 0 atom stereocenters. The van der Waals surface area contributed by atoms with Crippen molar-refractivity contribution in [3.8, 4) is 5.75 Å². The predicted molar refractivity (Wildman–Crippen MR) is 97.9 cm³/mol. The van der Waals surface area contributed by atoms with Crippen molar-refractivity contribution in [1.82, 2.24) is 5.43 Å². The number of nitrogens with one attached hydrogen (secondary N) is 1. The molecule has 4 nitrogen and oxygen atoms in total. The van der Waals surface area contributed by atoms with E-state index in [1.54, 1.807) is 6.07 Å². The molecule has 1 amide bonds. The highest BCUT2D eigenvalue weighted by molar-refractivity contribution is 6.33. The summed E-state index contributed by atoms with van der Waals surface area (Å²) in [6, 6.07) is 10.2. The molecule has 2 rings (SSSR count). The molecule has 0 heterocycles.